The van der Waals surface area contributed by atoms with Crippen molar-refractivity contribution in [2.45, 2.75) is 12.8 Å². The minimum Gasteiger partial charge on any atom is -0.248 e. The Morgan fingerprint density at radius 1 is 0.448 bits per heavy atom. The van der Waals surface area contributed by atoms with E-state index in [0.717, 1.165) is 29.8 Å². The van der Waals surface area contributed by atoms with Crippen LogP contribution >= 0.6 is 0 Å². The first-order valence-electron chi connectivity index (χ1n) is 20.5. The van der Waals surface area contributed by atoms with Crippen LogP contribution in [0.1, 0.15) is 28.8 Å². The van der Waals surface area contributed by atoms with Crippen molar-refractivity contribution in [1.29, 1.82) is 0 Å². The molecule has 0 saturated carbocycles. The van der Waals surface area contributed by atoms with Gasteiger partial charge in [-0.25, -0.2) is 4.98 Å². The molecule has 6 aromatic carbocycles. The summed E-state index contributed by atoms with van der Waals surface area (Å²) in [7, 11) is 0. The summed E-state index contributed by atoms with van der Waals surface area (Å²) in [5.74, 6) is 0.697. The molecule has 7 aromatic rings. The van der Waals surface area contributed by atoms with Crippen molar-refractivity contribution in [3.63, 3.8) is 0 Å². The smallest absolute Gasteiger partial charge is 0.0715 e. The largest absolute Gasteiger partial charge is 0.248 e. The van der Waals surface area contributed by atoms with Crippen LogP contribution in [0.3, 0.4) is 0 Å². The maximum Gasteiger partial charge on any atom is 0.0715 e. The molecule has 4 aliphatic rings. The van der Waals surface area contributed by atoms with E-state index in [9.17, 15) is 0 Å². The lowest BCUT2D eigenvalue weighted by atomic mass is 9.71. The van der Waals surface area contributed by atoms with Gasteiger partial charge in [0.2, 0.25) is 0 Å². The number of benzene rings is 6. The van der Waals surface area contributed by atoms with Gasteiger partial charge in [-0.3, -0.25) is 0 Å². The van der Waals surface area contributed by atoms with E-state index >= 15 is 0 Å². The van der Waals surface area contributed by atoms with Crippen LogP contribution in [0.5, 0.6) is 0 Å². The van der Waals surface area contributed by atoms with E-state index in [0.29, 0.717) is 11.8 Å². The third kappa shape index (κ3) is 6.26. The van der Waals surface area contributed by atoms with Crippen LogP contribution in [-0.4, -0.2) is 4.98 Å². The predicted octanol–water partition coefficient (Wildman–Crippen LogP) is 14.5. The second-order valence-corrected chi connectivity index (χ2v) is 15.8. The number of hydrogen-bond acceptors (Lipinski definition) is 1. The number of rotatable bonds is 7. The van der Waals surface area contributed by atoms with Crippen LogP contribution in [0.15, 0.2) is 218 Å². The van der Waals surface area contributed by atoms with Gasteiger partial charge in [-0.2, -0.15) is 0 Å². The van der Waals surface area contributed by atoms with Gasteiger partial charge >= 0.3 is 0 Å². The minimum absolute atomic E-state index is 0.333. The highest BCUT2D eigenvalue weighted by Gasteiger charge is 2.36. The fraction of sp³-hybridized carbons (Fsp3) is 0.0702. The van der Waals surface area contributed by atoms with E-state index in [1.54, 1.807) is 5.57 Å². The Labute approximate surface area is 341 Å². The predicted molar refractivity (Wildman–Crippen MR) is 243 cm³/mol. The zero-order valence-electron chi connectivity index (χ0n) is 32.2. The summed E-state index contributed by atoms with van der Waals surface area (Å²) in [5.41, 5.74) is 22.6. The van der Waals surface area contributed by atoms with E-state index in [1.807, 2.05) is 0 Å². The van der Waals surface area contributed by atoms with Crippen LogP contribution < -0.4 is 0 Å². The first-order chi connectivity index (χ1) is 28.7. The molecule has 1 aromatic heterocycles. The van der Waals surface area contributed by atoms with Crippen molar-refractivity contribution in [3.8, 4) is 55.8 Å². The molecule has 1 heterocycles. The summed E-state index contributed by atoms with van der Waals surface area (Å²) in [4.78, 5) is 5.07. The van der Waals surface area contributed by atoms with Gasteiger partial charge in [-0.1, -0.05) is 188 Å². The molecule has 2 atom stereocenters. The lowest BCUT2D eigenvalue weighted by Gasteiger charge is -2.33. The van der Waals surface area contributed by atoms with Crippen LogP contribution in [0.25, 0.3) is 72.5 Å². The number of aromatic nitrogens is 1. The van der Waals surface area contributed by atoms with Gasteiger partial charge in [0.05, 0.1) is 11.4 Å². The molecule has 11 rings (SSSR count). The van der Waals surface area contributed by atoms with Gasteiger partial charge in [0.15, 0.2) is 0 Å². The number of fused-ring (bicyclic) bond motifs is 4. The SMILES string of the molecule is C1=CC2C(c3cccc(-c4ccccc4)c3)=CC3=C(Cc4cc(-c5cccc(-c6ccc(-c7cc(C8=CCC=C8)nc(-c8ccccc8)c7)cc6)c5)ccc43)C2C=C1. The van der Waals surface area contributed by atoms with Crippen molar-refractivity contribution < 1.29 is 0 Å². The number of pyridine rings is 1. The molecule has 58 heavy (non-hydrogen) atoms. The second kappa shape index (κ2) is 14.4. The van der Waals surface area contributed by atoms with E-state index in [2.05, 4.69) is 212 Å². The molecule has 0 saturated heterocycles. The average Bonchev–Trinajstić information content (AvgIpc) is 3.98. The highest BCUT2D eigenvalue weighted by molar-refractivity contribution is 5.95. The standard InChI is InChI=1S/C57H41N/c1-3-13-38(14-4-1)44-20-12-22-47(32-44)53-37-55-50-30-29-46(33-49(50)34-54(55)52-24-10-9-23-51(52)53)45-21-11-19-43(31-45)39-25-27-40(28-26-39)48-35-56(41-15-5-2-6-16-41)58-57(36-48)42-17-7-8-18-42/h1-7,9-33,35-37,51-52H,8,34H2. The molecule has 0 bridgehead atoms. The highest BCUT2D eigenvalue weighted by Crippen LogP contribution is 2.51. The normalized spacial score (nSPS) is 17.4. The van der Waals surface area contributed by atoms with Crippen molar-refractivity contribution >= 4 is 16.7 Å². The Hall–Kier alpha value is -7.09. The Morgan fingerprint density at radius 2 is 1.02 bits per heavy atom. The quantitative estimate of drug-likeness (QED) is 0.159. The minimum atomic E-state index is 0.333. The fourth-order valence-corrected chi connectivity index (χ4v) is 9.38. The van der Waals surface area contributed by atoms with E-state index < -0.39 is 0 Å². The molecule has 0 N–H and O–H groups in total. The lowest BCUT2D eigenvalue weighted by molar-refractivity contribution is 0.633. The Morgan fingerprint density at radius 3 is 1.74 bits per heavy atom. The molecule has 1 heteroatoms. The molecular weight excluding hydrogens is 699 g/mol. The zero-order chi connectivity index (χ0) is 38.4. The monoisotopic (exact) mass is 739 g/mol. The van der Waals surface area contributed by atoms with E-state index in [4.69, 9.17) is 4.98 Å². The second-order valence-electron chi connectivity index (χ2n) is 15.8. The maximum atomic E-state index is 5.07. The number of allylic oxidation sites excluding steroid dienone is 12. The summed E-state index contributed by atoms with van der Waals surface area (Å²) in [6.07, 6.45) is 20.4. The van der Waals surface area contributed by atoms with E-state index in [1.165, 1.54) is 77.9 Å². The van der Waals surface area contributed by atoms with Crippen LogP contribution in [0, 0.1) is 11.8 Å². The first-order valence-corrected chi connectivity index (χ1v) is 20.5. The van der Waals surface area contributed by atoms with Gasteiger partial charge in [-0.15, -0.1) is 0 Å². The van der Waals surface area contributed by atoms with Crippen molar-refractivity contribution in [1.82, 2.24) is 4.98 Å². The van der Waals surface area contributed by atoms with E-state index in [-0.39, 0.29) is 0 Å². The molecule has 0 amide bonds. The highest BCUT2D eigenvalue weighted by atomic mass is 14.7. The number of nitrogens with zero attached hydrogens (tertiary/aromatic N) is 1. The molecule has 1 nitrogen and oxygen atoms in total. The van der Waals surface area contributed by atoms with Crippen molar-refractivity contribution in [2.24, 2.45) is 11.8 Å². The third-order valence-electron chi connectivity index (χ3n) is 12.3. The van der Waals surface area contributed by atoms with Crippen LogP contribution in [0.2, 0.25) is 0 Å². The van der Waals surface area contributed by atoms with Crippen molar-refractivity contribution in [3.05, 3.63) is 240 Å². The molecule has 4 aliphatic carbocycles. The summed E-state index contributed by atoms with van der Waals surface area (Å²) in [5, 5.41) is 0. The first kappa shape index (κ1) is 34.2. The Balaban J connectivity index is 0.888. The lowest BCUT2D eigenvalue weighted by Crippen LogP contribution is -2.20. The van der Waals surface area contributed by atoms with Gasteiger partial charge in [-0.05, 0) is 121 Å². The average molecular weight is 740 g/mol. The number of hydrogen-bond donors (Lipinski definition) is 0. The van der Waals surface area contributed by atoms with Gasteiger partial charge < -0.3 is 0 Å². The van der Waals surface area contributed by atoms with Gasteiger partial charge in [0.1, 0.15) is 0 Å². The van der Waals surface area contributed by atoms with Gasteiger partial charge in [0, 0.05) is 17.4 Å². The van der Waals surface area contributed by atoms with Crippen LogP contribution in [0.4, 0.5) is 0 Å². The summed E-state index contributed by atoms with van der Waals surface area (Å²) in [6, 6.07) is 59.9. The summed E-state index contributed by atoms with van der Waals surface area (Å²) >= 11 is 0. The Bertz CT molecular complexity index is 2920. The third-order valence-corrected chi connectivity index (χ3v) is 12.3. The molecular formula is C57H41N. The molecule has 0 spiro atoms. The summed E-state index contributed by atoms with van der Waals surface area (Å²) in [6.45, 7) is 0. The molecule has 0 radical (unpaired) electrons. The van der Waals surface area contributed by atoms with Crippen LogP contribution in [-0.2, 0) is 6.42 Å². The molecule has 0 aliphatic heterocycles. The van der Waals surface area contributed by atoms with Crippen molar-refractivity contribution in [2.75, 3.05) is 0 Å². The molecule has 2 unspecified atom stereocenters. The fourth-order valence-electron chi connectivity index (χ4n) is 9.38. The Kier molecular flexibility index (Phi) is 8.51. The topological polar surface area (TPSA) is 12.9 Å². The molecule has 0 fully saturated rings. The molecule has 274 valence electrons. The summed E-state index contributed by atoms with van der Waals surface area (Å²) < 4.78 is 0. The zero-order valence-corrected chi connectivity index (χ0v) is 32.2. The maximum absolute atomic E-state index is 5.07. The van der Waals surface area contributed by atoms with Gasteiger partial charge in [0.25, 0.3) is 0 Å².